The van der Waals surface area contributed by atoms with Crippen LogP contribution in [-0.4, -0.2) is 75.4 Å². The van der Waals surface area contributed by atoms with Crippen molar-refractivity contribution >= 4 is 29.5 Å². The Morgan fingerprint density at radius 1 is 1.17 bits per heavy atom. The van der Waals surface area contributed by atoms with Crippen LogP contribution in [0.5, 0.6) is 0 Å². The quantitative estimate of drug-likeness (QED) is 0.678. The summed E-state index contributed by atoms with van der Waals surface area (Å²) in [6.07, 6.45) is 5.00. The van der Waals surface area contributed by atoms with Crippen LogP contribution in [0.4, 0.5) is 0 Å². The molecule has 1 N–H and O–H groups in total. The molecule has 2 aromatic rings. The number of benzene rings is 1. The van der Waals surface area contributed by atoms with Crippen molar-refractivity contribution in [3.63, 3.8) is 0 Å². The van der Waals surface area contributed by atoms with Crippen molar-refractivity contribution in [3.8, 4) is 0 Å². The smallest absolute Gasteiger partial charge is 0.273 e. The van der Waals surface area contributed by atoms with Crippen LogP contribution in [0.2, 0.25) is 5.02 Å². The maximum Gasteiger partial charge on any atom is 0.273 e. The summed E-state index contributed by atoms with van der Waals surface area (Å²) in [6.45, 7) is 8.16. The van der Waals surface area contributed by atoms with Crippen molar-refractivity contribution in [2.45, 2.75) is 26.4 Å². The molecule has 0 aliphatic carbocycles. The molecule has 1 aliphatic heterocycles. The van der Waals surface area contributed by atoms with E-state index in [1.807, 2.05) is 36.9 Å². The lowest BCUT2D eigenvalue weighted by atomic mass is 10.2. The molecule has 0 spiro atoms. The first kappa shape index (κ1) is 22.0. The van der Waals surface area contributed by atoms with E-state index in [-0.39, 0.29) is 17.9 Å². The minimum atomic E-state index is -0.215. The Morgan fingerprint density at radius 3 is 2.60 bits per heavy atom. The van der Waals surface area contributed by atoms with Gasteiger partial charge in [0.05, 0.1) is 12.7 Å². The zero-order chi connectivity index (χ0) is 21.5. The molecule has 0 bridgehead atoms. The lowest BCUT2D eigenvalue weighted by Crippen LogP contribution is -2.48. The standard InChI is InChI=1S/C21H27ClN6O2/c1-16(2)23-21(30)19-15-28(25-24-19)14-11-26-9-12-27(13-10-26)20(29)8-7-17-5-3-4-6-18(17)22/h3-8,15-16H,9-14H2,1-2H3,(H,23,30). The van der Waals surface area contributed by atoms with E-state index in [1.54, 1.807) is 29.1 Å². The van der Waals surface area contributed by atoms with Crippen molar-refractivity contribution in [1.82, 2.24) is 30.1 Å². The Balaban J connectivity index is 1.42. The molecule has 9 heteroatoms. The van der Waals surface area contributed by atoms with Gasteiger partial charge in [0, 0.05) is 49.9 Å². The van der Waals surface area contributed by atoms with E-state index in [0.717, 1.165) is 25.2 Å². The van der Waals surface area contributed by atoms with Crippen molar-refractivity contribution in [2.24, 2.45) is 0 Å². The van der Waals surface area contributed by atoms with E-state index in [2.05, 4.69) is 20.5 Å². The van der Waals surface area contributed by atoms with Gasteiger partial charge < -0.3 is 10.2 Å². The van der Waals surface area contributed by atoms with Crippen molar-refractivity contribution in [1.29, 1.82) is 0 Å². The molecule has 30 heavy (non-hydrogen) atoms. The van der Waals surface area contributed by atoms with Crippen LogP contribution in [-0.2, 0) is 11.3 Å². The highest BCUT2D eigenvalue weighted by molar-refractivity contribution is 6.32. The fourth-order valence-corrected chi connectivity index (χ4v) is 3.36. The predicted octanol–water partition coefficient (Wildman–Crippen LogP) is 1.93. The number of hydrogen-bond acceptors (Lipinski definition) is 5. The van der Waals surface area contributed by atoms with Crippen molar-refractivity contribution in [2.75, 3.05) is 32.7 Å². The monoisotopic (exact) mass is 430 g/mol. The molecule has 8 nitrogen and oxygen atoms in total. The normalized spacial score (nSPS) is 15.1. The van der Waals surface area contributed by atoms with Gasteiger partial charge >= 0.3 is 0 Å². The van der Waals surface area contributed by atoms with E-state index >= 15 is 0 Å². The van der Waals surface area contributed by atoms with E-state index in [9.17, 15) is 9.59 Å². The number of hydrogen-bond donors (Lipinski definition) is 1. The molecule has 0 radical (unpaired) electrons. The van der Waals surface area contributed by atoms with E-state index < -0.39 is 0 Å². The number of nitrogens with zero attached hydrogens (tertiary/aromatic N) is 5. The number of carbonyl (C=O) groups excluding carboxylic acids is 2. The van der Waals surface area contributed by atoms with Gasteiger partial charge in [0.25, 0.3) is 5.91 Å². The summed E-state index contributed by atoms with van der Waals surface area (Å²) in [5, 5.41) is 11.4. The first-order chi connectivity index (χ1) is 14.4. The van der Waals surface area contributed by atoms with Crippen LogP contribution in [0.1, 0.15) is 29.9 Å². The highest BCUT2D eigenvalue weighted by Gasteiger charge is 2.20. The third-order valence-electron chi connectivity index (χ3n) is 4.83. The molecule has 0 saturated carbocycles. The van der Waals surface area contributed by atoms with Gasteiger partial charge in [-0.1, -0.05) is 35.0 Å². The first-order valence-electron chi connectivity index (χ1n) is 10.1. The Morgan fingerprint density at radius 2 is 1.90 bits per heavy atom. The molecule has 1 aromatic heterocycles. The molecule has 2 heterocycles. The predicted molar refractivity (Wildman–Crippen MR) is 116 cm³/mol. The molecule has 0 unspecified atom stereocenters. The Bertz CT molecular complexity index is 902. The second kappa shape index (κ2) is 10.4. The van der Waals surface area contributed by atoms with Gasteiger partial charge in [0.1, 0.15) is 0 Å². The lowest BCUT2D eigenvalue weighted by molar-refractivity contribution is -0.127. The number of halogens is 1. The van der Waals surface area contributed by atoms with Gasteiger partial charge in [-0.3, -0.25) is 19.2 Å². The maximum absolute atomic E-state index is 12.4. The molecule has 1 fully saturated rings. The van der Waals surface area contributed by atoms with Gasteiger partial charge in [-0.2, -0.15) is 0 Å². The number of aromatic nitrogens is 3. The van der Waals surface area contributed by atoms with Crippen molar-refractivity contribution < 1.29 is 9.59 Å². The van der Waals surface area contributed by atoms with Crippen LogP contribution in [0.25, 0.3) is 6.08 Å². The van der Waals surface area contributed by atoms with Gasteiger partial charge in [-0.05, 0) is 31.6 Å². The van der Waals surface area contributed by atoms with Crippen LogP contribution >= 0.6 is 11.6 Å². The number of nitrogens with one attached hydrogen (secondary N) is 1. The molecular formula is C21H27ClN6O2. The van der Waals surface area contributed by atoms with Gasteiger partial charge in [0.2, 0.25) is 5.91 Å². The molecule has 160 valence electrons. The van der Waals surface area contributed by atoms with Crippen LogP contribution < -0.4 is 5.32 Å². The molecule has 3 rings (SSSR count). The topological polar surface area (TPSA) is 83.4 Å². The highest BCUT2D eigenvalue weighted by atomic mass is 35.5. The largest absolute Gasteiger partial charge is 0.348 e. The number of amides is 2. The third kappa shape index (κ3) is 6.14. The van der Waals surface area contributed by atoms with E-state index in [1.165, 1.54) is 0 Å². The average molecular weight is 431 g/mol. The molecule has 1 saturated heterocycles. The minimum Gasteiger partial charge on any atom is -0.348 e. The zero-order valence-electron chi connectivity index (χ0n) is 17.3. The van der Waals surface area contributed by atoms with Crippen molar-refractivity contribution in [3.05, 3.63) is 52.8 Å². The fraction of sp³-hybridized carbons (Fsp3) is 0.429. The average Bonchev–Trinajstić information content (AvgIpc) is 3.21. The number of carbonyl (C=O) groups is 2. The van der Waals surface area contributed by atoms with Crippen LogP contribution in [0.15, 0.2) is 36.5 Å². The SMILES string of the molecule is CC(C)NC(=O)c1cn(CCN2CCN(C(=O)C=Cc3ccccc3Cl)CC2)nn1. The summed E-state index contributed by atoms with van der Waals surface area (Å²) in [7, 11) is 0. The Labute approximate surface area is 181 Å². The minimum absolute atomic E-state index is 0.00773. The van der Waals surface area contributed by atoms with Gasteiger partial charge in [-0.15, -0.1) is 5.10 Å². The Hall–Kier alpha value is -2.71. The van der Waals surface area contributed by atoms with Gasteiger partial charge in [-0.25, -0.2) is 0 Å². The van der Waals surface area contributed by atoms with Gasteiger partial charge in [0.15, 0.2) is 5.69 Å². The molecule has 2 amide bonds. The fourth-order valence-electron chi connectivity index (χ4n) is 3.16. The lowest BCUT2D eigenvalue weighted by Gasteiger charge is -2.34. The third-order valence-corrected chi connectivity index (χ3v) is 5.18. The summed E-state index contributed by atoms with van der Waals surface area (Å²) in [5.41, 5.74) is 1.16. The molecule has 0 atom stereocenters. The second-order valence-corrected chi connectivity index (χ2v) is 7.92. The van der Waals surface area contributed by atoms with Crippen LogP contribution in [0.3, 0.4) is 0 Å². The maximum atomic E-state index is 12.4. The van der Waals surface area contributed by atoms with Crippen LogP contribution in [0, 0.1) is 0 Å². The summed E-state index contributed by atoms with van der Waals surface area (Å²) in [6, 6.07) is 7.50. The van der Waals surface area contributed by atoms with E-state index in [4.69, 9.17) is 11.6 Å². The second-order valence-electron chi connectivity index (χ2n) is 7.52. The number of rotatable bonds is 7. The summed E-state index contributed by atoms with van der Waals surface area (Å²) in [4.78, 5) is 28.5. The molecule has 1 aliphatic rings. The van der Waals surface area contributed by atoms with E-state index in [0.29, 0.717) is 30.4 Å². The first-order valence-corrected chi connectivity index (χ1v) is 10.4. The summed E-state index contributed by atoms with van der Waals surface area (Å²) in [5.74, 6) is -0.222. The number of piperazine rings is 1. The Kier molecular flexibility index (Phi) is 7.59. The summed E-state index contributed by atoms with van der Waals surface area (Å²) >= 11 is 6.12. The zero-order valence-corrected chi connectivity index (χ0v) is 18.0. The summed E-state index contributed by atoms with van der Waals surface area (Å²) < 4.78 is 1.68. The highest BCUT2D eigenvalue weighted by Crippen LogP contribution is 2.16. The molecule has 1 aromatic carbocycles. The molecular weight excluding hydrogens is 404 g/mol.